The molecule has 0 saturated heterocycles. The maximum absolute atomic E-state index is 6.53. The topological polar surface area (TPSA) is 66.5 Å². The molecule has 0 spiro atoms. The first-order valence-electron chi connectivity index (χ1n) is 8.02. The summed E-state index contributed by atoms with van der Waals surface area (Å²) in [5, 5.41) is 1.75. The third-order valence-corrected chi connectivity index (χ3v) is 5.27. The van der Waals surface area contributed by atoms with Crippen LogP contribution in [0.2, 0.25) is 5.02 Å². The van der Waals surface area contributed by atoms with Gasteiger partial charge >= 0.3 is 0 Å². The fraction of sp³-hybridized carbons (Fsp3) is 0.389. The predicted octanol–water partition coefficient (Wildman–Crippen LogP) is 3.08. The summed E-state index contributed by atoms with van der Waals surface area (Å²) < 4.78 is 0. The molecule has 0 fully saturated rings. The van der Waals surface area contributed by atoms with E-state index in [-0.39, 0.29) is 0 Å². The second-order valence-electron chi connectivity index (χ2n) is 6.58. The van der Waals surface area contributed by atoms with Crippen LogP contribution < -0.4 is 11.5 Å². The zero-order valence-corrected chi connectivity index (χ0v) is 13.4. The maximum atomic E-state index is 6.53. The molecule has 2 aliphatic carbocycles. The second-order valence-corrected chi connectivity index (χ2v) is 7.01. The molecular weight excluding hydrogens is 294 g/mol. The number of nitrogens with two attached hydrogens (primary N) is 1. The smallest absolute Gasteiger partial charge is 0.0777 e. The third-order valence-electron chi connectivity index (χ3n) is 5.04. The van der Waals surface area contributed by atoms with Crippen LogP contribution in [0, 0.1) is 5.92 Å². The van der Waals surface area contributed by atoms with Crippen molar-refractivity contribution in [3.8, 4) is 0 Å². The van der Waals surface area contributed by atoms with E-state index in [4.69, 9.17) is 22.3 Å². The first-order chi connectivity index (χ1) is 10.7. The van der Waals surface area contributed by atoms with Crippen molar-refractivity contribution >= 4 is 28.2 Å². The van der Waals surface area contributed by atoms with Gasteiger partial charge < -0.3 is 11.5 Å². The van der Waals surface area contributed by atoms with Crippen LogP contribution in [0.5, 0.6) is 0 Å². The van der Waals surface area contributed by atoms with Crippen LogP contribution in [0.3, 0.4) is 0 Å². The lowest BCUT2D eigenvalue weighted by Crippen LogP contribution is -2.50. The van der Waals surface area contributed by atoms with E-state index in [0.29, 0.717) is 16.9 Å². The van der Waals surface area contributed by atoms with E-state index in [0.717, 1.165) is 42.4 Å². The molecule has 5 N–H and O–H groups in total. The number of pyridine rings is 1. The number of hydrogen-bond donors (Lipinski definition) is 2. The van der Waals surface area contributed by atoms with Crippen molar-refractivity contribution in [1.29, 1.82) is 0 Å². The number of halogens is 1. The Hall–Kier alpha value is -1.58. The number of nitrogen functional groups attached to an aromatic ring is 1. The van der Waals surface area contributed by atoms with Gasteiger partial charge in [0.25, 0.3) is 0 Å². The van der Waals surface area contributed by atoms with E-state index in [2.05, 4.69) is 11.8 Å². The average Bonchev–Trinajstić information content (AvgIpc) is 2.46. The molecule has 4 heteroatoms. The normalized spacial score (nSPS) is 23.3. The van der Waals surface area contributed by atoms with Crippen LogP contribution in [0.25, 0.3) is 10.9 Å². The number of nitrogens with zero attached hydrogens (tertiary/aromatic N) is 1. The van der Waals surface area contributed by atoms with E-state index in [1.54, 1.807) is 5.57 Å². The lowest BCUT2D eigenvalue weighted by molar-refractivity contribution is -0.366. The minimum absolute atomic E-state index is 0.521. The van der Waals surface area contributed by atoms with E-state index in [1.807, 2.05) is 18.2 Å². The number of allylic oxidation sites excluding steroid dienone is 1. The van der Waals surface area contributed by atoms with Crippen LogP contribution >= 0.6 is 11.6 Å². The highest BCUT2D eigenvalue weighted by molar-refractivity contribution is 6.31. The van der Waals surface area contributed by atoms with Gasteiger partial charge in [0.2, 0.25) is 0 Å². The van der Waals surface area contributed by atoms with Crippen LogP contribution in [-0.4, -0.2) is 11.5 Å². The highest BCUT2D eigenvalue weighted by atomic mass is 35.5. The van der Waals surface area contributed by atoms with Gasteiger partial charge in [0.15, 0.2) is 0 Å². The van der Waals surface area contributed by atoms with Gasteiger partial charge in [-0.2, -0.15) is 0 Å². The van der Waals surface area contributed by atoms with Gasteiger partial charge in [0.05, 0.1) is 12.1 Å². The SMILES string of the molecule is Nc1c2c(nc3cc(Cl)ccc13)CC1C=C(CC[NH3+])CC2C1. The molecule has 1 aromatic heterocycles. The van der Waals surface area contributed by atoms with Crippen molar-refractivity contribution in [1.82, 2.24) is 4.98 Å². The van der Waals surface area contributed by atoms with Crippen LogP contribution in [0.1, 0.15) is 36.4 Å². The number of fused-ring (bicyclic) bond motifs is 5. The molecule has 2 aliphatic rings. The van der Waals surface area contributed by atoms with Gasteiger partial charge in [-0.1, -0.05) is 23.3 Å². The Balaban J connectivity index is 1.85. The van der Waals surface area contributed by atoms with Gasteiger partial charge in [-0.05, 0) is 49.3 Å². The van der Waals surface area contributed by atoms with Crippen molar-refractivity contribution < 1.29 is 5.73 Å². The second kappa shape index (κ2) is 5.25. The summed E-state index contributed by atoms with van der Waals surface area (Å²) in [6.07, 6.45) is 6.89. The van der Waals surface area contributed by atoms with Gasteiger partial charge in [-0.3, -0.25) is 4.98 Å². The number of quaternary nitrogens is 1. The lowest BCUT2D eigenvalue weighted by atomic mass is 9.70. The quantitative estimate of drug-likeness (QED) is 0.837. The summed E-state index contributed by atoms with van der Waals surface area (Å²) in [6.45, 7) is 0.974. The number of aromatic nitrogens is 1. The largest absolute Gasteiger partial charge is 0.398 e. The molecule has 2 aromatic rings. The molecule has 114 valence electrons. The van der Waals surface area contributed by atoms with Gasteiger partial charge in [0, 0.05) is 33.8 Å². The molecule has 3 nitrogen and oxygen atoms in total. The molecular formula is C18H21ClN3+. The molecule has 0 saturated carbocycles. The summed E-state index contributed by atoms with van der Waals surface area (Å²) in [7, 11) is 0. The molecule has 0 aliphatic heterocycles. The minimum Gasteiger partial charge on any atom is -0.398 e. The summed E-state index contributed by atoms with van der Waals surface area (Å²) >= 11 is 6.11. The third kappa shape index (κ3) is 2.20. The van der Waals surface area contributed by atoms with Crippen molar-refractivity contribution in [3.63, 3.8) is 0 Å². The zero-order valence-electron chi connectivity index (χ0n) is 12.6. The van der Waals surface area contributed by atoms with Crippen molar-refractivity contribution in [2.24, 2.45) is 5.92 Å². The first-order valence-corrected chi connectivity index (χ1v) is 8.40. The predicted molar refractivity (Wildman–Crippen MR) is 90.8 cm³/mol. The summed E-state index contributed by atoms with van der Waals surface area (Å²) in [4.78, 5) is 4.88. The molecule has 2 atom stereocenters. The molecule has 0 amide bonds. The summed E-state index contributed by atoms with van der Waals surface area (Å²) in [5.41, 5.74) is 16.4. The monoisotopic (exact) mass is 314 g/mol. The first kappa shape index (κ1) is 14.0. The number of hydrogen-bond acceptors (Lipinski definition) is 2. The van der Waals surface area contributed by atoms with Crippen molar-refractivity contribution in [2.45, 2.75) is 31.6 Å². The Morgan fingerprint density at radius 1 is 1.32 bits per heavy atom. The lowest BCUT2D eigenvalue weighted by Gasteiger charge is -2.35. The Morgan fingerprint density at radius 3 is 3.00 bits per heavy atom. The molecule has 2 unspecified atom stereocenters. The van der Waals surface area contributed by atoms with Gasteiger partial charge in [-0.15, -0.1) is 0 Å². The van der Waals surface area contributed by atoms with Crippen LogP contribution in [-0.2, 0) is 6.42 Å². The van der Waals surface area contributed by atoms with E-state index in [1.165, 1.54) is 17.7 Å². The highest BCUT2D eigenvalue weighted by Gasteiger charge is 2.33. The average molecular weight is 315 g/mol. The summed E-state index contributed by atoms with van der Waals surface area (Å²) in [6, 6.07) is 5.82. The molecule has 22 heavy (non-hydrogen) atoms. The van der Waals surface area contributed by atoms with Crippen molar-refractivity contribution in [2.75, 3.05) is 12.3 Å². The van der Waals surface area contributed by atoms with Crippen molar-refractivity contribution in [3.05, 3.63) is 46.1 Å². The van der Waals surface area contributed by atoms with E-state index >= 15 is 0 Å². The Morgan fingerprint density at radius 2 is 2.18 bits per heavy atom. The number of benzene rings is 1. The molecule has 1 aromatic carbocycles. The highest BCUT2D eigenvalue weighted by Crippen LogP contribution is 2.47. The van der Waals surface area contributed by atoms with Crippen LogP contribution in [0.15, 0.2) is 29.8 Å². The fourth-order valence-corrected chi connectivity index (χ4v) is 4.37. The summed E-state index contributed by atoms with van der Waals surface area (Å²) in [5.74, 6) is 1.13. The Labute approximate surface area is 135 Å². The molecule has 1 heterocycles. The van der Waals surface area contributed by atoms with Gasteiger partial charge in [0.1, 0.15) is 0 Å². The number of rotatable bonds is 2. The standard InChI is InChI=1S/C18H20ClN3/c19-13-1-2-14-15(9-13)22-16-8-11-5-10(3-4-20)6-12(7-11)17(16)18(14)21/h1-2,5,9,11-12H,3-4,6-8,20H2,(H2,21,22)/p+1. The van der Waals surface area contributed by atoms with E-state index < -0.39 is 0 Å². The van der Waals surface area contributed by atoms with Crippen LogP contribution in [0.4, 0.5) is 5.69 Å². The zero-order chi connectivity index (χ0) is 15.3. The molecule has 2 bridgehead atoms. The number of anilines is 1. The fourth-order valence-electron chi connectivity index (χ4n) is 4.20. The minimum atomic E-state index is 0.521. The van der Waals surface area contributed by atoms with Gasteiger partial charge in [-0.25, -0.2) is 0 Å². The molecule has 4 rings (SSSR count). The van der Waals surface area contributed by atoms with E-state index in [9.17, 15) is 0 Å². The maximum Gasteiger partial charge on any atom is 0.0777 e. The Bertz CT molecular complexity index is 781. The Kier molecular flexibility index (Phi) is 3.35. The molecule has 0 radical (unpaired) electrons.